The van der Waals surface area contributed by atoms with Crippen molar-refractivity contribution >= 4 is 23.7 Å². The highest BCUT2D eigenvalue weighted by Gasteiger charge is 2.34. The minimum Gasteiger partial charge on any atom is -0.508 e. The minimum absolute atomic E-state index is 0.0486. The van der Waals surface area contributed by atoms with Crippen LogP contribution >= 0.6 is 0 Å². The van der Waals surface area contributed by atoms with Gasteiger partial charge >= 0.3 is 5.97 Å². The molecule has 10 nitrogen and oxygen atoms in total. The van der Waals surface area contributed by atoms with E-state index in [1.54, 1.807) is 32.9 Å². The van der Waals surface area contributed by atoms with Gasteiger partial charge in [0.25, 0.3) is 0 Å². The van der Waals surface area contributed by atoms with E-state index in [2.05, 4.69) is 16.0 Å². The maximum absolute atomic E-state index is 13.3. The largest absolute Gasteiger partial charge is 0.508 e. The maximum Gasteiger partial charge on any atom is 0.326 e. The summed E-state index contributed by atoms with van der Waals surface area (Å²) in [6.45, 7) is 10.8. The Kier molecular flexibility index (Phi) is 12.4. The van der Waals surface area contributed by atoms with E-state index in [9.17, 15) is 29.4 Å². The lowest BCUT2D eigenvalue weighted by atomic mass is 9.95. The Morgan fingerprint density at radius 3 is 1.78 bits per heavy atom. The summed E-state index contributed by atoms with van der Waals surface area (Å²) >= 11 is 0. The summed E-state index contributed by atoms with van der Waals surface area (Å²) in [5, 5.41) is 27.2. The van der Waals surface area contributed by atoms with Gasteiger partial charge in [0.05, 0.1) is 6.04 Å². The molecule has 0 heterocycles. The fourth-order valence-corrected chi connectivity index (χ4v) is 3.53. The van der Waals surface area contributed by atoms with E-state index >= 15 is 0 Å². The third-order valence-corrected chi connectivity index (χ3v) is 6.60. The van der Waals surface area contributed by atoms with Gasteiger partial charge in [-0.1, -0.05) is 66.5 Å². The van der Waals surface area contributed by atoms with Crippen LogP contribution in [0, 0.1) is 17.8 Å². The van der Waals surface area contributed by atoms with E-state index < -0.39 is 47.9 Å². The Bertz CT molecular complexity index is 889. The number of nitrogens with two attached hydrogens (primary N) is 1. The Labute approximate surface area is 213 Å². The fourth-order valence-electron chi connectivity index (χ4n) is 3.53. The molecule has 1 aromatic carbocycles. The SMILES string of the molecule is CCC(C)C(NC(=O)C(Cc1ccc(O)cc1)NC(=O)C(NC(=O)C(N)C(C)C)C(C)CC)C(=O)O. The lowest BCUT2D eigenvalue weighted by Gasteiger charge is -2.29. The molecule has 0 aliphatic rings. The van der Waals surface area contributed by atoms with E-state index in [0.717, 1.165) is 0 Å². The quantitative estimate of drug-likeness (QED) is 0.222. The summed E-state index contributed by atoms with van der Waals surface area (Å²) in [4.78, 5) is 50.9. The summed E-state index contributed by atoms with van der Waals surface area (Å²) in [5.74, 6) is -3.52. The monoisotopic (exact) mass is 506 g/mol. The van der Waals surface area contributed by atoms with Crippen molar-refractivity contribution in [1.29, 1.82) is 0 Å². The van der Waals surface area contributed by atoms with Crippen molar-refractivity contribution < 1.29 is 29.4 Å². The van der Waals surface area contributed by atoms with E-state index in [-0.39, 0.29) is 29.9 Å². The van der Waals surface area contributed by atoms with Crippen LogP contribution in [0.3, 0.4) is 0 Å². The molecule has 0 aliphatic heterocycles. The van der Waals surface area contributed by atoms with Crippen LogP contribution < -0.4 is 21.7 Å². The lowest BCUT2D eigenvalue weighted by Crippen LogP contribution is -2.59. The molecule has 0 fully saturated rings. The van der Waals surface area contributed by atoms with Crippen LogP contribution in [-0.2, 0) is 25.6 Å². The summed E-state index contributed by atoms with van der Waals surface area (Å²) in [6.07, 6.45) is 1.17. The number of phenolic OH excluding ortho intramolecular Hbond substituents is 1. The Morgan fingerprint density at radius 2 is 1.31 bits per heavy atom. The molecular weight excluding hydrogens is 464 g/mol. The van der Waals surface area contributed by atoms with Crippen molar-refractivity contribution in [2.45, 2.75) is 85.0 Å². The van der Waals surface area contributed by atoms with E-state index in [4.69, 9.17) is 5.73 Å². The molecule has 3 amide bonds. The van der Waals surface area contributed by atoms with Crippen molar-refractivity contribution in [3.8, 4) is 5.75 Å². The number of aromatic hydroxyl groups is 1. The molecule has 0 aromatic heterocycles. The minimum atomic E-state index is -1.17. The first-order valence-electron chi connectivity index (χ1n) is 12.5. The highest BCUT2D eigenvalue weighted by molar-refractivity contribution is 5.94. The summed E-state index contributed by atoms with van der Waals surface area (Å²) in [7, 11) is 0. The molecule has 1 rings (SSSR count). The predicted molar refractivity (Wildman–Crippen MR) is 137 cm³/mol. The second kappa shape index (κ2) is 14.4. The molecule has 202 valence electrons. The van der Waals surface area contributed by atoms with Crippen LogP contribution in [-0.4, -0.2) is 58.1 Å². The van der Waals surface area contributed by atoms with Crippen molar-refractivity contribution in [3.05, 3.63) is 29.8 Å². The molecule has 0 bridgehead atoms. The standard InChI is InChI=1S/C26H42N4O6/c1-7-15(5)21(29-24(33)20(27)14(3)4)25(34)28-19(13-17-9-11-18(31)12-10-17)23(32)30-22(26(35)36)16(6)8-2/h9-12,14-16,19-22,31H,7-8,13,27H2,1-6H3,(H,28,34)(H,29,33)(H,30,32)(H,35,36). The predicted octanol–water partition coefficient (Wildman–Crippen LogP) is 1.55. The number of phenols is 1. The topological polar surface area (TPSA) is 171 Å². The van der Waals surface area contributed by atoms with Crippen molar-refractivity contribution in [3.63, 3.8) is 0 Å². The number of amides is 3. The van der Waals surface area contributed by atoms with Crippen molar-refractivity contribution in [2.24, 2.45) is 23.5 Å². The van der Waals surface area contributed by atoms with Crippen LogP contribution in [0.25, 0.3) is 0 Å². The smallest absolute Gasteiger partial charge is 0.326 e. The normalized spacial score (nSPS) is 16.2. The summed E-state index contributed by atoms with van der Waals surface area (Å²) in [5.41, 5.74) is 6.60. The number of benzene rings is 1. The number of carbonyl (C=O) groups excluding carboxylic acids is 3. The molecule has 1 aromatic rings. The van der Waals surface area contributed by atoms with E-state index in [1.165, 1.54) is 12.1 Å². The van der Waals surface area contributed by atoms with Gasteiger partial charge in [0.2, 0.25) is 17.7 Å². The second-order valence-corrected chi connectivity index (χ2v) is 9.78. The Hall–Kier alpha value is -3.14. The van der Waals surface area contributed by atoms with Crippen LogP contribution in [0.4, 0.5) is 0 Å². The third kappa shape index (κ3) is 9.14. The molecule has 6 unspecified atom stereocenters. The van der Waals surface area contributed by atoms with Gasteiger partial charge in [0.15, 0.2) is 0 Å². The number of rotatable bonds is 14. The maximum atomic E-state index is 13.3. The van der Waals surface area contributed by atoms with Gasteiger partial charge in [-0.25, -0.2) is 4.79 Å². The molecule has 7 N–H and O–H groups in total. The first-order chi connectivity index (χ1) is 16.8. The van der Waals surface area contributed by atoms with E-state index in [1.807, 2.05) is 20.8 Å². The van der Waals surface area contributed by atoms with Gasteiger partial charge in [-0.2, -0.15) is 0 Å². The van der Waals surface area contributed by atoms with Crippen molar-refractivity contribution in [2.75, 3.05) is 0 Å². The number of carboxylic acids is 1. The zero-order valence-corrected chi connectivity index (χ0v) is 22.1. The van der Waals surface area contributed by atoms with Gasteiger partial charge in [-0.05, 0) is 35.4 Å². The number of nitrogens with one attached hydrogen (secondary N) is 3. The Balaban J connectivity index is 3.22. The van der Waals surface area contributed by atoms with Crippen LogP contribution in [0.15, 0.2) is 24.3 Å². The third-order valence-electron chi connectivity index (χ3n) is 6.60. The van der Waals surface area contributed by atoms with Crippen LogP contribution in [0.1, 0.15) is 59.9 Å². The second-order valence-electron chi connectivity index (χ2n) is 9.78. The summed E-state index contributed by atoms with van der Waals surface area (Å²) in [6, 6.07) is 2.16. The fraction of sp³-hybridized carbons (Fsp3) is 0.615. The molecule has 36 heavy (non-hydrogen) atoms. The number of carbonyl (C=O) groups is 4. The number of hydrogen-bond donors (Lipinski definition) is 6. The van der Waals surface area contributed by atoms with Crippen LogP contribution in [0.2, 0.25) is 0 Å². The summed E-state index contributed by atoms with van der Waals surface area (Å²) < 4.78 is 0. The number of hydrogen-bond acceptors (Lipinski definition) is 6. The highest BCUT2D eigenvalue weighted by Crippen LogP contribution is 2.15. The first kappa shape index (κ1) is 30.9. The van der Waals surface area contributed by atoms with Gasteiger partial charge in [-0.3, -0.25) is 14.4 Å². The number of aliphatic carboxylic acids is 1. The van der Waals surface area contributed by atoms with Gasteiger partial charge in [-0.15, -0.1) is 0 Å². The molecule has 0 saturated heterocycles. The lowest BCUT2D eigenvalue weighted by molar-refractivity contribution is -0.144. The molecule has 0 aliphatic carbocycles. The molecular formula is C26H42N4O6. The molecule has 0 saturated carbocycles. The average molecular weight is 507 g/mol. The zero-order valence-electron chi connectivity index (χ0n) is 22.1. The molecule has 0 spiro atoms. The van der Waals surface area contributed by atoms with Gasteiger partial charge < -0.3 is 31.9 Å². The average Bonchev–Trinajstić information content (AvgIpc) is 2.84. The molecule has 6 atom stereocenters. The Morgan fingerprint density at radius 1 is 0.806 bits per heavy atom. The molecule has 0 radical (unpaired) electrons. The molecule has 10 heteroatoms. The van der Waals surface area contributed by atoms with Gasteiger partial charge in [0.1, 0.15) is 23.9 Å². The van der Waals surface area contributed by atoms with Crippen LogP contribution in [0.5, 0.6) is 5.75 Å². The first-order valence-corrected chi connectivity index (χ1v) is 12.5. The van der Waals surface area contributed by atoms with Crippen molar-refractivity contribution in [1.82, 2.24) is 16.0 Å². The van der Waals surface area contributed by atoms with Gasteiger partial charge in [0, 0.05) is 6.42 Å². The zero-order chi connectivity index (χ0) is 27.6. The van der Waals surface area contributed by atoms with E-state index in [0.29, 0.717) is 18.4 Å². The number of carboxylic acid groups (broad SMARTS) is 1. The highest BCUT2D eigenvalue weighted by atomic mass is 16.4.